The van der Waals surface area contributed by atoms with Gasteiger partial charge in [0, 0.05) is 9.79 Å². The molecule has 1 heterocycles. The van der Waals surface area contributed by atoms with E-state index in [1.165, 1.54) is 85.4 Å². The third-order valence-corrected chi connectivity index (χ3v) is 7.77. The van der Waals surface area contributed by atoms with Gasteiger partial charge in [-0.15, -0.1) is 0 Å². The van der Waals surface area contributed by atoms with Gasteiger partial charge in [0.15, 0.2) is 0 Å². The maximum Gasteiger partial charge on any atom is 0.0526 e. The van der Waals surface area contributed by atoms with E-state index in [9.17, 15) is 0 Å². The second kappa shape index (κ2) is 7.31. The quantitative estimate of drug-likeness (QED) is 0.495. The van der Waals surface area contributed by atoms with Gasteiger partial charge in [-0.25, -0.2) is 0 Å². The summed E-state index contributed by atoms with van der Waals surface area (Å²) >= 11 is 1.98. The van der Waals surface area contributed by atoms with E-state index in [1.54, 1.807) is 11.1 Å². The molecular weight excluding hydrogens is 334 g/mol. The van der Waals surface area contributed by atoms with Gasteiger partial charge in [0.05, 0.1) is 11.4 Å². The first kappa shape index (κ1) is 16.7. The van der Waals surface area contributed by atoms with Gasteiger partial charge in [-0.2, -0.15) is 0 Å². The number of hydrogen-bond donors (Lipinski definition) is 1. The molecule has 2 saturated carbocycles. The van der Waals surface area contributed by atoms with E-state index in [4.69, 9.17) is 0 Å². The van der Waals surface area contributed by atoms with Crippen LogP contribution >= 0.6 is 11.8 Å². The molecule has 0 aromatic heterocycles. The van der Waals surface area contributed by atoms with Crippen LogP contribution < -0.4 is 5.32 Å². The predicted molar refractivity (Wildman–Crippen MR) is 112 cm³/mol. The summed E-state index contributed by atoms with van der Waals surface area (Å²) in [5.41, 5.74) is 5.69. The Morgan fingerprint density at radius 3 is 1.54 bits per heavy atom. The van der Waals surface area contributed by atoms with Crippen molar-refractivity contribution in [3.05, 3.63) is 47.5 Å². The first-order valence-corrected chi connectivity index (χ1v) is 11.4. The van der Waals surface area contributed by atoms with Crippen LogP contribution in [0.4, 0.5) is 11.4 Å². The lowest BCUT2D eigenvalue weighted by Crippen LogP contribution is -2.07. The van der Waals surface area contributed by atoms with Crippen LogP contribution in [0.15, 0.2) is 46.2 Å². The zero-order valence-corrected chi connectivity index (χ0v) is 16.4. The van der Waals surface area contributed by atoms with Crippen molar-refractivity contribution in [1.29, 1.82) is 0 Å². The topological polar surface area (TPSA) is 12.0 Å². The summed E-state index contributed by atoms with van der Waals surface area (Å²) in [5.74, 6) is 1.56. The van der Waals surface area contributed by atoms with Gasteiger partial charge >= 0.3 is 0 Å². The predicted octanol–water partition coefficient (Wildman–Crippen LogP) is 7.99. The van der Waals surface area contributed by atoms with Crippen LogP contribution in [0.3, 0.4) is 0 Å². The van der Waals surface area contributed by atoms with Crippen molar-refractivity contribution in [2.45, 2.75) is 85.8 Å². The van der Waals surface area contributed by atoms with Crippen LogP contribution in [-0.4, -0.2) is 0 Å². The third-order valence-electron chi connectivity index (χ3n) is 6.65. The molecular formula is C24H29NS. The summed E-state index contributed by atoms with van der Waals surface area (Å²) in [6.07, 6.45) is 14.0. The molecule has 1 aliphatic heterocycles. The highest BCUT2D eigenvalue weighted by atomic mass is 32.2. The van der Waals surface area contributed by atoms with Gasteiger partial charge < -0.3 is 5.32 Å². The van der Waals surface area contributed by atoms with Gasteiger partial charge in [-0.05, 0) is 72.9 Å². The first-order chi connectivity index (χ1) is 12.9. The van der Waals surface area contributed by atoms with Crippen LogP contribution in [0, 0.1) is 0 Å². The highest BCUT2D eigenvalue weighted by Crippen LogP contribution is 2.47. The molecule has 1 N–H and O–H groups in total. The summed E-state index contributed by atoms with van der Waals surface area (Å²) < 4.78 is 0. The van der Waals surface area contributed by atoms with Crippen molar-refractivity contribution < 1.29 is 0 Å². The Hall–Kier alpha value is -1.41. The van der Waals surface area contributed by atoms with E-state index in [0.717, 1.165) is 11.8 Å². The lowest BCUT2D eigenvalue weighted by atomic mass is 9.84. The molecule has 136 valence electrons. The van der Waals surface area contributed by atoms with Crippen molar-refractivity contribution in [3.8, 4) is 0 Å². The molecule has 5 rings (SSSR count). The SMILES string of the molecule is c1cc2c(cc1C1CCCCC1)Sc1cc(C3CCCCC3)ccc1N2. The van der Waals surface area contributed by atoms with Gasteiger partial charge in [-0.1, -0.05) is 62.4 Å². The molecule has 2 aliphatic carbocycles. The second-order valence-corrected chi connectivity index (χ2v) is 9.49. The van der Waals surface area contributed by atoms with E-state index >= 15 is 0 Å². The van der Waals surface area contributed by atoms with Crippen LogP contribution in [0.2, 0.25) is 0 Å². The number of hydrogen-bond acceptors (Lipinski definition) is 2. The summed E-state index contributed by atoms with van der Waals surface area (Å²) in [6.45, 7) is 0. The van der Waals surface area contributed by atoms with Crippen LogP contribution in [0.1, 0.15) is 87.2 Å². The fourth-order valence-corrected chi connectivity index (χ4v) is 6.18. The molecule has 1 nitrogen and oxygen atoms in total. The van der Waals surface area contributed by atoms with Gasteiger partial charge in [0.25, 0.3) is 0 Å². The molecule has 3 aliphatic rings. The number of benzene rings is 2. The monoisotopic (exact) mass is 363 g/mol. The number of nitrogens with one attached hydrogen (secondary N) is 1. The minimum Gasteiger partial charge on any atom is -0.354 e. The molecule has 2 heteroatoms. The van der Waals surface area contributed by atoms with Crippen molar-refractivity contribution in [2.75, 3.05) is 5.32 Å². The maximum atomic E-state index is 3.68. The summed E-state index contributed by atoms with van der Waals surface area (Å²) in [5, 5.41) is 3.68. The van der Waals surface area contributed by atoms with Crippen molar-refractivity contribution in [2.24, 2.45) is 0 Å². The van der Waals surface area contributed by atoms with E-state index in [1.807, 2.05) is 11.8 Å². The molecule has 0 radical (unpaired) electrons. The Morgan fingerprint density at radius 1 is 0.615 bits per heavy atom. The number of anilines is 2. The van der Waals surface area contributed by atoms with Gasteiger partial charge in [-0.3, -0.25) is 0 Å². The van der Waals surface area contributed by atoms with E-state index < -0.39 is 0 Å². The number of fused-ring (bicyclic) bond motifs is 2. The molecule has 2 aromatic rings. The Labute approximate surface area is 162 Å². The Bertz CT molecular complexity index is 719. The Morgan fingerprint density at radius 2 is 1.08 bits per heavy atom. The highest BCUT2D eigenvalue weighted by molar-refractivity contribution is 7.99. The molecule has 0 unspecified atom stereocenters. The van der Waals surface area contributed by atoms with Crippen molar-refractivity contribution in [3.63, 3.8) is 0 Å². The normalized spacial score (nSPS) is 20.9. The molecule has 0 spiro atoms. The number of rotatable bonds is 2. The fourth-order valence-electron chi connectivity index (χ4n) is 5.10. The smallest absolute Gasteiger partial charge is 0.0526 e. The minimum absolute atomic E-state index is 0.782. The first-order valence-electron chi connectivity index (χ1n) is 10.6. The molecule has 0 saturated heterocycles. The van der Waals surface area contributed by atoms with Crippen LogP contribution in [-0.2, 0) is 0 Å². The van der Waals surface area contributed by atoms with E-state index in [0.29, 0.717) is 0 Å². The molecule has 0 atom stereocenters. The second-order valence-electron chi connectivity index (χ2n) is 8.41. The molecule has 2 fully saturated rings. The van der Waals surface area contributed by atoms with Crippen molar-refractivity contribution >= 4 is 23.1 Å². The molecule has 0 bridgehead atoms. The fraction of sp³-hybridized carbons (Fsp3) is 0.500. The lowest BCUT2D eigenvalue weighted by molar-refractivity contribution is 0.443. The average molecular weight is 364 g/mol. The summed E-state index contributed by atoms with van der Waals surface area (Å²) in [6, 6.07) is 14.3. The molecule has 26 heavy (non-hydrogen) atoms. The molecule has 2 aromatic carbocycles. The zero-order chi connectivity index (χ0) is 17.3. The lowest BCUT2D eigenvalue weighted by Gasteiger charge is -2.27. The zero-order valence-electron chi connectivity index (χ0n) is 15.6. The van der Waals surface area contributed by atoms with Gasteiger partial charge in [0.1, 0.15) is 0 Å². The Kier molecular flexibility index (Phi) is 4.70. The maximum absolute atomic E-state index is 3.68. The summed E-state index contributed by atoms with van der Waals surface area (Å²) in [4.78, 5) is 2.84. The van der Waals surface area contributed by atoms with E-state index in [-0.39, 0.29) is 0 Å². The molecule has 0 amide bonds. The standard InChI is InChI=1S/C24H29NS/c1-3-7-17(8-4-1)19-11-13-21-23(15-19)26-24-16-20(12-14-22(24)25-21)18-9-5-2-6-10-18/h11-18,25H,1-10H2. The van der Waals surface area contributed by atoms with Crippen LogP contribution in [0.25, 0.3) is 0 Å². The van der Waals surface area contributed by atoms with E-state index in [2.05, 4.69) is 41.7 Å². The third kappa shape index (κ3) is 3.29. The average Bonchev–Trinajstić information content (AvgIpc) is 2.73. The van der Waals surface area contributed by atoms with Crippen LogP contribution in [0.5, 0.6) is 0 Å². The summed E-state index contributed by atoms with van der Waals surface area (Å²) in [7, 11) is 0. The van der Waals surface area contributed by atoms with Crippen molar-refractivity contribution in [1.82, 2.24) is 0 Å². The highest BCUT2D eigenvalue weighted by Gasteiger charge is 2.22. The minimum atomic E-state index is 0.782. The Balaban J connectivity index is 1.40. The van der Waals surface area contributed by atoms with Gasteiger partial charge in [0.2, 0.25) is 0 Å². The largest absolute Gasteiger partial charge is 0.354 e.